The zero-order valence-corrected chi connectivity index (χ0v) is 18.4. The average molecular weight is 456 g/mol. The number of fused-ring (bicyclic) bond motifs is 1. The highest BCUT2D eigenvalue weighted by molar-refractivity contribution is 8.80. The number of hydrogen-bond acceptors (Lipinski definition) is 9. The van der Waals surface area contributed by atoms with Crippen molar-refractivity contribution in [3.63, 3.8) is 0 Å². The Morgan fingerprint density at radius 1 is 1.10 bits per heavy atom. The van der Waals surface area contributed by atoms with Gasteiger partial charge in [0.25, 0.3) is 11.8 Å². The van der Waals surface area contributed by atoms with Crippen molar-refractivity contribution in [1.29, 1.82) is 0 Å². The minimum absolute atomic E-state index is 0.00881. The second kappa shape index (κ2) is 9.60. The van der Waals surface area contributed by atoms with Gasteiger partial charge in [0.1, 0.15) is 6.10 Å². The molecular weight excluding hydrogens is 426 g/mol. The molecule has 2 aliphatic carbocycles. The van der Waals surface area contributed by atoms with Gasteiger partial charge in [0, 0.05) is 34.7 Å². The summed E-state index contributed by atoms with van der Waals surface area (Å²) in [6.07, 6.45) is 7.41. The molecule has 2 saturated carbocycles. The Kier molecular flexibility index (Phi) is 7.08. The molecule has 10 heteroatoms. The minimum atomic E-state index is -1.45. The summed E-state index contributed by atoms with van der Waals surface area (Å²) in [6, 6.07) is -0.409. The molecule has 0 radical (unpaired) electrons. The number of aliphatic hydroxyl groups excluding tert-OH is 1. The fourth-order valence-corrected chi connectivity index (χ4v) is 7.74. The summed E-state index contributed by atoms with van der Waals surface area (Å²) in [5, 5.41) is 14.3. The Labute approximate surface area is 184 Å². The maximum atomic E-state index is 13.0. The molecule has 1 saturated heterocycles. The fourth-order valence-electron chi connectivity index (χ4n) is 4.70. The zero-order chi connectivity index (χ0) is 21.3. The molecule has 2 aliphatic heterocycles. The summed E-state index contributed by atoms with van der Waals surface area (Å²) in [5.41, 5.74) is 6.37. The van der Waals surface area contributed by atoms with Crippen LogP contribution in [0.25, 0.3) is 0 Å². The molecule has 2 heterocycles. The van der Waals surface area contributed by atoms with E-state index in [-0.39, 0.29) is 30.1 Å². The van der Waals surface area contributed by atoms with E-state index >= 15 is 0 Å². The molecule has 0 aromatic rings. The van der Waals surface area contributed by atoms with Crippen LogP contribution in [-0.2, 0) is 19.1 Å². The van der Waals surface area contributed by atoms with Crippen molar-refractivity contribution in [1.82, 2.24) is 10.2 Å². The molecule has 4 N–H and O–H groups in total. The van der Waals surface area contributed by atoms with Crippen molar-refractivity contribution >= 4 is 39.4 Å². The lowest BCUT2D eigenvalue weighted by Crippen LogP contribution is -2.53. The quantitative estimate of drug-likeness (QED) is 0.243. The number of nitrogens with zero attached hydrogens (tertiary/aromatic N) is 1. The predicted octanol–water partition coefficient (Wildman–Crippen LogP) is 1.28. The largest absolute Gasteiger partial charge is 0.462 e. The maximum Gasteiger partial charge on any atom is 0.309 e. The first-order valence-corrected chi connectivity index (χ1v) is 13.0. The average Bonchev–Trinajstić information content (AvgIpc) is 3.31. The van der Waals surface area contributed by atoms with Gasteiger partial charge >= 0.3 is 5.97 Å². The van der Waals surface area contributed by atoms with E-state index in [4.69, 9.17) is 10.5 Å². The maximum absolute atomic E-state index is 13.0. The molecule has 4 aliphatic rings. The normalized spacial score (nSPS) is 35.9. The SMILES string of the molecule is NC1CC(NC(O)N2C(=O)C=CC2=O)CC(C(=O)OC2CCCC2)CC2SSC2C1. The van der Waals surface area contributed by atoms with Crippen LogP contribution < -0.4 is 11.1 Å². The number of esters is 1. The summed E-state index contributed by atoms with van der Waals surface area (Å²) in [5.74, 6) is -1.60. The molecule has 4 rings (SSSR count). The van der Waals surface area contributed by atoms with Crippen molar-refractivity contribution in [2.75, 3.05) is 0 Å². The van der Waals surface area contributed by atoms with Crippen LogP contribution >= 0.6 is 21.6 Å². The highest BCUT2D eigenvalue weighted by Crippen LogP contribution is 2.53. The second-order valence-corrected chi connectivity index (χ2v) is 11.4. The number of rotatable bonds is 5. The van der Waals surface area contributed by atoms with Crippen molar-refractivity contribution in [3.8, 4) is 0 Å². The lowest BCUT2D eigenvalue weighted by Gasteiger charge is -2.36. The van der Waals surface area contributed by atoms with Crippen LogP contribution in [0.1, 0.15) is 51.4 Å². The summed E-state index contributed by atoms with van der Waals surface area (Å²) in [4.78, 5) is 37.5. The molecule has 6 atom stereocenters. The molecular formula is C20H29N3O5S2. The number of nitrogens with two attached hydrogens (primary N) is 1. The fraction of sp³-hybridized carbons (Fsp3) is 0.750. The first-order chi connectivity index (χ1) is 14.4. The van der Waals surface area contributed by atoms with Gasteiger partial charge in [-0.1, -0.05) is 21.6 Å². The van der Waals surface area contributed by atoms with E-state index < -0.39 is 18.2 Å². The number of hydrogen-bond donors (Lipinski definition) is 3. The Morgan fingerprint density at radius 3 is 2.37 bits per heavy atom. The molecule has 30 heavy (non-hydrogen) atoms. The Balaban J connectivity index is 1.45. The summed E-state index contributed by atoms with van der Waals surface area (Å²) >= 11 is 0. The van der Waals surface area contributed by atoms with Gasteiger partial charge in [0.2, 0.25) is 0 Å². The lowest BCUT2D eigenvalue weighted by molar-refractivity contribution is -0.156. The van der Waals surface area contributed by atoms with E-state index in [1.807, 2.05) is 10.8 Å². The van der Waals surface area contributed by atoms with Gasteiger partial charge in [-0.2, -0.15) is 0 Å². The van der Waals surface area contributed by atoms with Crippen LogP contribution in [0.5, 0.6) is 0 Å². The number of ether oxygens (including phenoxy) is 1. The predicted molar refractivity (Wildman–Crippen MR) is 115 cm³/mol. The first-order valence-electron chi connectivity index (χ1n) is 10.7. The molecule has 0 aromatic carbocycles. The van der Waals surface area contributed by atoms with Crippen molar-refractivity contribution < 1.29 is 24.2 Å². The van der Waals surface area contributed by atoms with Crippen molar-refractivity contribution in [2.24, 2.45) is 11.7 Å². The first kappa shape index (κ1) is 22.1. The smallest absolute Gasteiger partial charge is 0.309 e. The van der Waals surface area contributed by atoms with E-state index in [9.17, 15) is 19.5 Å². The second-order valence-electron chi connectivity index (χ2n) is 8.63. The topological polar surface area (TPSA) is 122 Å². The van der Waals surface area contributed by atoms with Gasteiger partial charge in [-0.3, -0.25) is 19.7 Å². The number of nitrogens with one attached hydrogen (secondary N) is 1. The Bertz CT molecular complexity index is 697. The van der Waals surface area contributed by atoms with Crippen LogP contribution in [-0.4, -0.2) is 62.8 Å². The summed E-state index contributed by atoms with van der Waals surface area (Å²) in [7, 11) is 3.62. The van der Waals surface area contributed by atoms with Crippen LogP contribution in [0.15, 0.2) is 12.2 Å². The van der Waals surface area contributed by atoms with Crippen molar-refractivity contribution in [3.05, 3.63) is 12.2 Å². The van der Waals surface area contributed by atoms with Crippen LogP contribution in [0, 0.1) is 5.92 Å². The summed E-state index contributed by atoms with van der Waals surface area (Å²) < 4.78 is 5.80. The van der Waals surface area contributed by atoms with Gasteiger partial charge in [-0.25, -0.2) is 4.90 Å². The highest BCUT2D eigenvalue weighted by Gasteiger charge is 2.42. The third-order valence-corrected chi connectivity index (χ3v) is 9.95. The molecule has 2 amide bonds. The van der Waals surface area contributed by atoms with Crippen molar-refractivity contribution in [2.45, 2.75) is 86.4 Å². The molecule has 6 unspecified atom stereocenters. The van der Waals surface area contributed by atoms with Crippen LogP contribution in [0.2, 0.25) is 0 Å². The van der Waals surface area contributed by atoms with Gasteiger partial charge in [0.15, 0.2) is 6.35 Å². The number of carbonyl (C=O) groups excluding carboxylic acids is 3. The molecule has 8 nitrogen and oxygen atoms in total. The molecule has 0 spiro atoms. The number of aliphatic hydroxyl groups is 1. The van der Waals surface area contributed by atoms with Crippen LogP contribution in [0.4, 0.5) is 0 Å². The van der Waals surface area contributed by atoms with E-state index in [2.05, 4.69) is 5.32 Å². The molecule has 166 valence electrons. The summed E-state index contributed by atoms with van der Waals surface area (Å²) in [6.45, 7) is 0. The van der Waals surface area contributed by atoms with E-state index in [1.165, 1.54) is 0 Å². The zero-order valence-electron chi connectivity index (χ0n) is 16.8. The van der Waals surface area contributed by atoms with Gasteiger partial charge < -0.3 is 15.6 Å². The van der Waals surface area contributed by atoms with E-state index in [0.29, 0.717) is 23.3 Å². The molecule has 0 aromatic heterocycles. The van der Waals surface area contributed by atoms with E-state index in [0.717, 1.165) is 55.6 Å². The minimum Gasteiger partial charge on any atom is -0.462 e. The number of carbonyl (C=O) groups is 3. The monoisotopic (exact) mass is 455 g/mol. The number of imide groups is 1. The third-order valence-electron chi connectivity index (χ3n) is 6.32. The molecule has 0 bridgehead atoms. The van der Waals surface area contributed by atoms with Crippen LogP contribution in [0.3, 0.4) is 0 Å². The Hall–Kier alpha value is -1.07. The van der Waals surface area contributed by atoms with Gasteiger partial charge in [-0.05, 0) is 51.4 Å². The highest BCUT2D eigenvalue weighted by atomic mass is 33.1. The standard InChI is InChI=1S/C20H29N3O5S2/c21-12-9-13(22-20(27)23-17(24)5-6-18(23)25)7-11(8-15-16(10-12)30-29-15)19(26)28-14-3-1-2-4-14/h5-6,11-16,20,22,27H,1-4,7-10,21H2. The number of amides is 2. The van der Waals surface area contributed by atoms with Gasteiger partial charge in [-0.15, -0.1) is 0 Å². The van der Waals surface area contributed by atoms with E-state index in [1.54, 1.807) is 10.8 Å². The lowest BCUT2D eigenvalue weighted by atomic mass is 9.93. The Morgan fingerprint density at radius 2 is 1.73 bits per heavy atom. The van der Waals surface area contributed by atoms with Gasteiger partial charge in [0.05, 0.1) is 5.92 Å². The molecule has 3 fully saturated rings. The third kappa shape index (κ3) is 5.04.